The first kappa shape index (κ1) is 14.7. The van der Waals surface area contributed by atoms with Crippen LogP contribution in [0.5, 0.6) is 11.5 Å². The molecule has 106 valence electrons. The minimum Gasteiger partial charge on any atom is -0.493 e. The third-order valence-corrected chi connectivity index (χ3v) is 4.11. The number of benzene rings is 1. The summed E-state index contributed by atoms with van der Waals surface area (Å²) in [6.45, 7) is 2.88. The summed E-state index contributed by atoms with van der Waals surface area (Å²) in [7, 11) is 0. The van der Waals surface area contributed by atoms with Gasteiger partial charge >= 0.3 is 0 Å². The van der Waals surface area contributed by atoms with E-state index in [-0.39, 0.29) is 0 Å². The number of halogens is 1. The summed E-state index contributed by atoms with van der Waals surface area (Å²) < 4.78 is 11.9. The molecule has 0 spiro atoms. The van der Waals surface area contributed by atoms with E-state index in [4.69, 9.17) is 9.47 Å². The van der Waals surface area contributed by atoms with Crippen molar-refractivity contribution in [3.8, 4) is 11.5 Å². The van der Waals surface area contributed by atoms with E-state index in [1.54, 1.807) is 0 Å². The molecule has 0 N–H and O–H groups in total. The van der Waals surface area contributed by atoms with Crippen LogP contribution in [-0.4, -0.2) is 12.7 Å². The van der Waals surface area contributed by atoms with Crippen LogP contribution in [0.25, 0.3) is 0 Å². The van der Waals surface area contributed by atoms with Gasteiger partial charge in [-0.2, -0.15) is 0 Å². The molecule has 0 aliphatic heterocycles. The summed E-state index contributed by atoms with van der Waals surface area (Å²) in [5.74, 6) is 1.90. The molecule has 1 aromatic carbocycles. The van der Waals surface area contributed by atoms with E-state index in [2.05, 4.69) is 28.9 Å². The molecule has 1 saturated carbocycles. The molecule has 2 rings (SSSR count). The summed E-state index contributed by atoms with van der Waals surface area (Å²) in [6, 6.07) is 6.17. The maximum atomic E-state index is 6.19. The Morgan fingerprint density at radius 3 is 2.68 bits per heavy atom. The van der Waals surface area contributed by atoms with Gasteiger partial charge in [-0.1, -0.05) is 35.3 Å². The van der Waals surface area contributed by atoms with Gasteiger partial charge in [0.1, 0.15) is 11.5 Å². The first-order valence-electron chi connectivity index (χ1n) is 7.32. The summed E-state index contributed by atoms with van der Waals surface area (Å²) >= 11 is 3.53. The number of alkyl halides is 1. The molecule has 0 unspecified atom stereocenters. The Morgan fingerprint density at radius 2 is 2.00 bits per heavy atom. The number of ether oxygens (including phenoxy) is 2. The second kappa shape index (κ2) is 7.78. The average Bonchev–Trinajstić information content (AvgIpc) is 2.46. The fraction of sp³-hybridized carbons (Fsp3) is 0.625. The second-order valence-corrected chi connectivity index (χ2v) is 5.69. The van der Waals surface area contributed by atoms with Crippen molar-refractivity contribution < 1.29 is 9.47 Å². The highest BCUT2D eigenvalue weighted by atomic mass is 79.9. The van der Waals surface area contributed by atoms with Crippen LogP contribution in [0.4, 0.5) is 0 Å². The molecule has 0 aromatic heterocycles. The summed E-state index contributed by atoms with van der Waals surface area (Å²) in [5.41, 5.74) is 1.20. The molecule has 0 atom stereocenters. The molecule has 1 fully saturated rings. The molecule has 1 aliphatic rings. The van der Waals surface area contributed by atoms with Crippen LogP contribution in [0.2, 0.25) is 0 Å². The monoisotopic (exact) mass is 326 g/mol. The highest BCUT2D eigenvalue weighted by Crippen LogP contribution is 2.30. The van der Waals surface area contributed by atoms with Crippen LogP contribution in [0.3, 0.4) is 0 Å². The predicted molar refractivity (Wildman–Crippen MR) is 82.4 cm³/mol. The molecule has 1 aliphatic carbocycles. The molecule has 2 nitrogen and oxygen atoms in total. The third kappa shape index (κ3) is 4.41. The molecule has 0 amide bonds. The van der Waals surface area contributed by atoms with Gasteiger partial charge in [-0.05, 0) is 38.2 Å². The van der Waals surface area contributed by atoms with Crippen molar-refractivity contribution in [2.24, 2.45) is 0 Å². The largest absolute Gasteiger partial charge is 0.493 e. The lowest BCUT2D eigenvalue weighted by atomic mass is 9.98. The zero-order chi connectivity index (χ0) is 13.5. The van der Waals surface area contributed by atoms with Gasteiger partial charge < -0.3 is 9.47 Å². The fourth-order valence-electron chi connectivity index (χ4n) is 2.43. The van der Waals surface area contributed by atoms with Crippen molar-refractivity contribution in [3.05, 3.63) is 23.8 Å². The van der Waals surface area contributed by atoms with Crippen LogP contribution in [0.15, 0.2) is 18.2 Å². The van der Waals surface area contributed by atoms with Crippen molar-refractivity contribution in [2.45, 2.75) is 56.9 Å². The van der Waals surface area contributed by atoms with Gasteiger partial charge in [0.25, 0.3) is 0 Å². The van der Waals surface area contributed by atoms with Crippen LogP contribution >= 0.6 is 15.9 Å². The molecular weight excluding hydrogens is 304 g/mol. The Balaban J connectivity index is 2.06. The predicted octanol–water partition coefficient (Wildman–Crippen LogP) is 5.08. The van der Waals surface area contributed by atoms with Crippen molar-refractivity contribution >= 4 is 15.9 Å². The maximum absolute atomic E-state index is 6.19. The van der Waals surface area contributed by atoms with Crippen molar-refractivity contribution in [1.29, 1.82) is 0 Å². The molecule has 1 aromatic rings. The minimum absolute atomic E-state index is 0.382. The lowest BCUT2D eigenvalue weighted by molar-refractivity contribution is 0.153. The highest BCUT2D eigenvalue weighted by molar-refractivity contribution is 9.08. The zero-order valence-corrected chi connectivity index (χ0v) is 13.2. The Labute approximate surface area is 124 Å². The van der Waals surface area contributed by atoms with Gasteiger partial charge in [-0.3, -0.25) is 0 Å². The SMILES string of the molecule is CCCOc1ccc(CBr)c(OC2CCCCC2)c1. The topological polar surface area (TPSA) is 18.5 Å². The van der Waals surface area contributed by atoms with E-state index in [9.17, 15) is 0 Å². The van der Waals surface area contributed by atoms with Gasteiger partial charge in [0.05, 0.1) is 12.7 Å². The quantitative estimate of drug-likeness (QED) is 0.678. The maximum Gasteiger partial charge on any atom is 0.127 e. The van der Waals surface area contributed by atoms with E-state index in [0.717, 1.165) is 29.9 Å². The lowest BCUT2D eigenvalue weighted by Gasteiger charge is -2.24. The van der Waals surface area contributed by atoms with Crippen molar-refractivity contribution in [3.63, 3.8) is 0 Å². The standard InChI is InChI=1S/C16H23BrO2/c1-2-10-18-15-9-8-13(12-17)16(11-15)19-14-6-4-3-5-7-14/h8-9,11,14H,2-7,10,12H2,1H3. The second-order valence-electron chi connectivity index (χ2n) is 5.13. The molecular formula is C16H23BrO2. The minimum atomic E-state index is 0.382. The first-order valence-corrected chi connectivity index (χ1v) is 8.44. The molecule has 0 saturated heterocycles. The number of hydrogen-bond acceptors (Lipinski definition) is 2. The molecule has 0 radical (unpaired) electrons. The van der Waals surface area contributed by atoms with E-state index in [1.807, 2.05) is 12.1 Å². The number of rotatable bonds is 6. The Kier molecular flexibility index (Phi) is 6.02. The molecule has 0 bridgehead atoms. The van der Waals surface area contributed by atoms with E-state index in [0.29, 0.717) is 6.10 Å². The fourth-order valence-corrected chi connectivity index (χ4v) is 2.89. The van der Waals surface area contributed by atoms with Gasteiger partial charge in [0.2, 0.25) is 0 Å². The van der Waals surface area contributed by atoms with E-state index < -0.39 is 0 Å². The smallest absolute Gasteiger partial charge is 0.127 e. The van der Waals surface area contributed by atoms with Crippen molar-refractivity contribution in [1.82, 2.24) is 0 Å². The van der Waals surface area contributed by atoms with Crippen LogP contribution in [0, 0.1) is 0 Å². The molecule has 3 heteroatoms. The van der Waals surface area contributed by atoms with E-state index in [1.165, 1.54) is 37.7 Å². The molecule has 0 heterocycles. The van der Waals surface area contributed by atoms with Crippen LogP contribution < -0.4 is 9.47 Å². The Morgan fingerprint density at radius 1 is 1.21 bits per heavy atom. The lowest BCUT2D eigenvalue weighted by Crippen LogP contribution is -2.20. The van der Waals surface area contributed by atoms with Gasteiger partial charge in [-0.25, -0.2) is 0 Å². The zero-order valence-electron chi connectivity index (χ0n) is 11.7. The summed E-state index contributed by atoms with van der Waals surface area (Å²) in [6.07, 6.45) is 7.71. The molecule has 19 heavy (non-hydrogen) atoms. The highest BCUT2D eigenvalue weighted by Gasteiger charge is 2.16. The summed E-state index contributed by atoms with van der Waals surface area (Å²) in [4.78, 5) is 0. The van der Waals surface area contributed by atoms with E-state index >= 15 is 0 Å². The summed E-state index contributed by atoms with van der Waals surface area (Å²) in [5, 5.41) is 0.823. The third-order valence-electron chi connectivity index (χ3n) is 3.50. The van der Waals surface area contributed by atoms with Gasteiger partial charge in [-0.15, -0.1) is 0 Å². The Bertz CT molecular complexity index is 386. The number of hydrogen-bond donors (Lipinski definition) is 0. The average molecular weight is 327 g/mol. The Hall–Kier alpha value is -0.700. The van der Waals surface area contributed by atoms with Gasteiger partial charge in [0, 0.05) is 17.0 Å². The van der Waals surface area contributed by atoms with Gasteiger partial charge in [0.15, 0.2) is 0 Å². The van der Waals surface area contributed by atoms with Crippen LogP contribution in [0.1, 0.15) is 51.0 Å². The normalized spacial score (nSPS) is 16.3. The first-order chi connectivity index (χ1) is 9.33. The van der Waals surface area contributed by atoms with Crippen molar-refractivity contribution in [2.75, 3.05) is 6.61 Å². The van der Waals surface area contributed by atoms with Crippen LogP contribution in [-0.2, 0) is 5.33 Å².